The lowest BCUT2D eigenvalue weighted by Crippen LogP contribution is -2.28. The topological polar surface area (TPSA) is 66.0 Å². The third-order valence-electron chi connectivity index (χ3n) is 4.69. The number of halogens is 1. The van der Waals surface area contributed by atoms with Crippen molar-refractivity contribution >= 4 is 34.9 Å². The number of amides is 1. The van der Waals surface area contributed by atoms with Crippen LogP contribution in [0.3, 0.4) is 0 Å². The molecule has 2 heterocycles. The minimum absolute atomic E-state index is 0.00987. The molecule has 1 aromatic heterocycles. The highest BCUT2D eigenvalue weighted by molar-refractivity contribution is 7.99. The standard InChI is InChI=1S/C23H21FN4OS/c1-30-23-27-21(16-7-9-18(24)10-8-16)22(28-23)17-11-12-25-19(14-17)26-20(29)13-15-5-3-2-4-6-15/h2-12,14,23,27-28H,13H2,1H3,(H,25,26,29). The van der Waals surface area contributed by atoms with E-state index >= 15 is 0 Å². The van der Waals surface area contributed by atoms with Crippen LogP contribution in [0.2, 0.25) is 0 Å². The summed E-state index contributed by atoms with van der Waals surface area (Å²) < 4.78 is 13.4. The molecule has 152 valence electrons. The van der Waals surface area contributed by atoms with Crippen LogP contribution in [0.4, 0.5) is 10.2 Å². The summed E-state index contributed by atoms with van der Waals surface area (Å²) in [5, 5.41) is 9.72. The quantitative estimate of drug-likeness (QED) is 0.561. The maximum absolute atomic E-state index is 13.4. The van der Waals surface area contributed by atoms with Crippen LogP contribution >= 0.6 is 11.8 Å². The van der Waals surface area contributed by atoms with Gasteiger partial charge in [-0.2, -0.15) is 0 Å². The second-order valence-corrected chi connectivity index (χ2v) is 7.74. The van der Waals surface area contributed by atoms with E-state index < -0.39 is 0 Å². The summed E-state index contributed by atoms with van der Waals surface area (Å²) in [6.07, 6.45) is 3.94. The van der Waals surface area contributed by atoms with Gasteiger partial charge >= 0.3 is 0 Å². The Morgan fingerprint density at radius 3 is 2.43 bits per heavy atom. The van der Waals surface area contributed by atoms with E-state index in [2.05, 4.69) is 20.9 Å². The Balaban J connectivity index is 1.58. The summed E-state index contributed by atoms with van der Waals surface area (Å²) in [6.45, 7) is 0. The molecule has 0 aliphatic carbocycles. The molecule has 0 spiro atoms. The van der Waals surface area contributed by atoms with Crippen molar-refractivity contribution < 1.29 is 9.18 Å². The van der Waals surface area contributed by atoms with Gasteiger partial charge in [-0.25, -0.2) is 9.37 Å². The molecule has 0 saturated heterocycles. The zero-order valence-electron chi connectivity index (χ0n) is 16.4. The van der Waals surface area contributed by atoms with Gasteiger partial charge in [0.15, 0.2) is 0 Å². The molecular formula is C23H21FN4OS. The van der Waals surface area contributed by atoms with Gasteiger partial charge in [0.25, 0.3) is 0 Å². The molecule has 0 bridgehead atoms. The van der Waals surface area contributed by atoms with Crippen molar-refractivity contribution in [1.82, 2.24) is 15.6 Å². The number of rotatable bonds is 6. The summed E-state index contributed by atoms with van der Waals surface area (Å²) in [5.74, 6) is 0.0764. The minimum Gasteiger partial charge on any atom is -0.355 e. The van der Waals surface area contributed by atoms with Crippen molar-refractivity contribution in [2.24, 2.45) is 0 Å². The summed E-state index contributed by atoms with van der Waals surface area (Å²) in [7, 11) is 0. The first-order chi connectivity index (χ1) is 14.6. The SMILES string of the molecule is CSC1NC(c2ccc(F)cc2)=C(c2ccnc(NC(=O)Cc3ccccc3)c2)N1. The number of carbonyl (C=O) groups is 1. The van der Waals surface area contributed by atoms with Gasteiger partial charge in [0, 0.05) is 17.3 Å². The molecule has 1 aliphatic rings. The van der Waals surface area contributed by atoms with Gasteiger partial charge in [0.1, 0.15) is 17.1 Å². The summed E-state index contributed by atoms with van der Waals surface area (Å²) in [6, 6.07) is 19.6. The fourth-order valence-electron chi connectivity index (χ4n) is 3.26. The van der Waals surface area contributed by atoms with Crippen LogP contribution in [-0.2, 0) is 11.2 Å². The van der Waals surface area contributed by atoms with Crippen LogP contribution in [0.25, 0.3) is 11.4 Å². The molecule has 7 heteroatoms. The highest BCUT2D eigenvalue weighted by Crippen LogP contribution is 2.30. The van der Waals surface area contributed by atoms with Crippen LogP contribution in [0, 0.1) is 5.82 Å². The normalized spacial score (nSPS) is 15.5. The monoisotopic (exact) mass is 420 g/mol. The Morgan fingerprint density at radius 2 is 1.73 bits per heavy atom. The first-order valence-corrected chi connectivity index (χ1v) is 10.8. The average Bonchev–Trinajstić information content (AvgIpc) is 3.20. The number of anilines is 1. The summed E-state index contributed by atoms with van der Waals surface area (Å²) in [5.41, 5.74) is 4.44. The van der Waals surface area contributed by atoms with E-state index in [1.54, 1.807) is 30.1 Å². The number of hydrogen-bond acceptors (Lipinski definition) is 5. The Labute approximate surface area is 178 Å². The van der Waals surface area contributed by atoms with Gasteiger partial charge in [0.05, 0.1) is 17.8 Å². The van der Waals surface area contributed by atoms with Gasteiger partial charge in [-0.05, 0) is 48.2 Å². The van der Waals surface area contributed by atoms with Crippen molar-refractivity contribution in [1.29, 1.82) is 0 Å². The first kappa shape index (κ1) is 20.0. The molecule has 2 aromatic carbocycles. The van der Waals surface area contributed by atoms with E-state index in [1.807, 2.05) is 48.7 Å². The van der Waals surface area contributed by atoms with E-state index in [-0.39, 0.29) is 23.6 Å². The number of nitrogens with one attached hydrogen (secondary N) is 3. The number of pyridine rings is 1. The highest BCUT2D eigenvalue weighted by atomic mass is 32.2. The van der Waals surface area contributed by atoms with Crippen LogP contribution in [0.5, 0.6) is 0 Å². The number of thioether (sulfide) groups is 1. The fraction of sp³-hybridized carbons (Fsp3) is 0.130. The van der Waals surface area contributed by atoms with E-state index in [1.165, 1.54) is 12.1 Å². The van der Waals surface area contributed by atoms with Gasteiger partial charge in [-0.15, -0.1) is 11.8 Å². The van der Waals surface area contributed by atoms with Crippen LogP contribution in [-0.4, -0.2) is 22.6 Å². The third-order valence-corrected chi connectivity index (χ3v) is 5.40. The van der Waals surface area contributed by atoms with Crippen LogP contribution in [0.1, 0.15) is 16.7 Å². The third kappa shape index (κ3) is 4.63. The molecule has 3 N–H and O–H groups in total. The molecule has 1 unspecified atom stereocenters. The van der Waals surface area contributed by atoms with Crippen LogP contribution in [0.15, 0.2) is 72.9 Å². The van der Waals surface area contributed by atoms with Gasteiger partial charge in [-0.1, -0.05) is 30.3 Å². The van der Waals surface area contributed by atoms with Gasteiger partial charge < -0.3 is 16.0 Å². The highest BCUT2D eigenvalue weighted by Gasteiger charge is 2.24. The van der Waals surface area contributed by atoms with E-state index in [9.17, 15) is 9.18 Å². The molecule has 5 nitrogen and oxygen atoms in total. The number of hydrogen-bond donors (Lipinski definition) is 3. The predicted octanol–water partition coefficient (Wildman–Crippen LogP) is 4.07. The number of benzene rings is 2. The molecule has 1 aliphatic heterocycles. The zero-order chi connectivity index (χ0) is 20.9. The lowest BCUT2D eigenvalue weighted by Gasteiger charge is -2.11. The smallest absolute Gasteiger partial charge is 0.229 e. The molecule has 0 saturated carbocycles. The Bertz CT molecular complexity index is 1070. The zero-order valence-corrected chi connectivity index (χ0v) is 17.2. The lowest BCUT2D eigenvalue weighted by molar-refractivity contribution is -0.115. The second-order valence-electron chi connectivity index (χ2n) is 6.80. The predicted molar refractivity (Wildman–Crippen MR) is 120 cm³/mol. The molecule has 4 rings (SSSR count). The fourth-order valence-corrected chi connectivity index (χ4v) is 3.73. The summed E-state index contributed by atoms with van der Waals surface area (Å²) in [4.78, 5) is 16.7. The molecule has 0 radical (unpaired) electrons. The Kier molecular flexibility index (Phi) is 5.99. The molecule has 0 fully saturated rings. The van der Waals surface area contributed by atoms with E-state index in [4.69, 9.17) is 0 Å². The maximum atomic E-state index is 13.4. The average molecular weight is 421 g/mol. The van der Waals surface area contributed by atoms with Crippen molar-refractivity contribution in [3.05, 3.63) is 95.4 Å². The Morgan fingerprint density at radius 1 is 1.03 bits per heavy atom. The van der Waals surface area contributed by atoms with Crippen LogP contribution < -0.4 is 16.0 Å². The van der Waals surface area contributed by atoms with E-state index in [0.29, 0.717) is 5.82 Å². The van der Waals surface area contributed by atoms with E-state index in [0.717, 1.165) is 28.1 Å². The van der Waals surface area contributed by atoms with Gasteiger partial charge in [-0.3, -0.25) is 4.79 Å². The first-order valence-electron chi connectivity index (χ1n) is 9.48. The molecule has 30 heavy (non-hydrogen) atoms. The Hall–Kier alpha value is -3.32. The molecule has 1 amide bonds. The second kappa shape index (κ2) is 9.00. The van der Waals surface area contributed by atoms with Crippen molar-refractivity contribution in [2.45, 2.75) is 11.9 Å². The van der Waals surface area contributed by atoms with Gasteiger partial charge in [0.2, 0.25) is 5.91 Å². The number of carbonyl (C=O) groups excluding carboxylic acids is 1. The minimum atomic E-state index is -0.277. The molecule has 1 atom stereocenters. The number of nitrogens with zero attached hydrogens (tertiary/aromatic N) is 1. The molecular weight excluding hydrogens is 399 g/mol. The molecule has 3 aromatic rings. The van der Waals surface area contributed by atoms with Crippen molar-refractivity contribution in [2.75, 3.05) is 11.6 Å². The van der Waals surface area contributed by atoms with Crippen molar-refractivity contribution in [3.63, 3.8) is 0 Å². The summed E-state index contributed by atoms with van der Waals surface area (Å²) >= 11 is 1.63. The lowest BCUT2D eigenvalue weighted by atomic mass is 10.1. The maximum Gasteiger partial charge on any atom is 0.229 e. The largest absolute Gasteiger partial charge is 0.355 e. The number of aromatic nitrogens is 1. The van der Waals surface area contributed by atoms with Crippen molar-refractivity contribution in [3.8, 4) is 0 Å².